The van der Waals surface area contributed by atoms with E-state index in [4.69, 9.17) is 35.8 Å². The highest BCUT2D eigenvalue weighted by Crippen LogP contribution is 2.42. The van der Waals surface area contributed by atoms with Crippen molar-refractivity contribution in [2.75, 3.05) is 83.7 Å². The number of hydrogen-bond donors (Lipinski definition) is 4. The maximum absolute atomic E-state index is 17.0. The number of carbonyl (C=O) groups excluding carboxylic acids is 4. The molecule has 4 aromatic carbocycles. The fourth-order valence-corrected chi connectivity index (χ4v) is 9.46. The molecule has 0 radical (unpaired) electrons. The Labute approximate surface area is 378 Å². The van der Waals surface area contributed by atoms with Crippen molar-refractivity contribution in [3.63, 3.8) is 0 Å². The second-order valence-corrected chi connectivity index (χ2v) is 17.1. The molecule has 16 nitrogen and oxygen atoms in total. The lowest BCUT2D eigenvalue weighted by Gasteiger charge is -2.34. The van der Waals surface area contributed by atoms with Crippen LogP contribution >= 0.6 is 11.6 Å². The predicted octanol–water partition coefficient (Wildman–Crippen LogP) is 4.41. The van der Waals surface area contributed by atoms with Crippen molar-refractivity contribution in [3.8, 4) is 22.6 Å². The number of aliphatic hydroxyl groups is 1. The number of aromatic hydroxyl groups is 1. The number of fused-ring (bicyclic) bond motifs is 3. The number of hydrogen-bond acceptors (Lipinski definition) is 14. The third-order valence-electron chi connectivity index (χ3n) is 12.5. The van der Waals surface area contributed by atoms with Crippen LogP contribution in [-0.2, 0) is 19.1 Å². The summed E-state index contributed by atoms with van der Waals surface area (Å²) < 4.78 is 34.7. The van der Waals surface area contributed by atoms with Crippen LogP contribution in [0.15, 0.2) is 60.7 Å². The number of aliphatic hydroxyl groups excluding tert-OH is 1. The lowest BCUT2D eigenvalue weighted by atomic mass is 9.96. The molecular weight excluding hydrogens is 861 g/mol. The van der Waals surface area contributed by atoms with Crippen molar-refractivity contribution in [3.05, 3.63) is 88.5 Å². The first kappa shape index (κ1) is 44.4. The van der Waals surface area contributed by atoms with Crippen molar-refractivity contribution in [2.45, 2.75) is 43.7 Å². The topological polar surface area (TPSA) is 196 Å². The number of imide groups is 2. The summed E-state index contributed by atoms with van der Waals surface area (Å²) in [6.07, 6.45) is 1.68. The summed E-state index contributed by atoms with van der Waals surface area (Å²) in [6.45, 7) is 5.59. The highest BCUT2D eigenvalue weighted by atomic mass is 35.5. The van der Waals surface area contributed by atoms with Crippen molar-refractivity contribution in [1.29, 1.82) is 0 Å². The molecule has 340 valence electrons. The van der Waals surface area contributed by atoms with Gasteiger partial charge in [-0.25, -0.2) is 14.4 Å². The van der Waals surface area contributed by atoms with Gasteiger partial charge < -0.3 is 39.5 Å². The fourth-order valence-electron chi connectivity index (χ4n) is 9.17. The first-order valence-electron chi connectivity index (χ1n) is 22.0. The average molecular weight is 910 g/mol. The number of phenolic OH excluding ortho intramolecular Hbond substituents is 1. The van der Waals surface area contributed by atoms with E-state index in [9.17, 15) is 29.4 Å². The molecule has 4 aliphatic heterocycles. The quantitative estimate of drug-likeness (QED) is 0.0852. The normalized spacial score (nSPS) is 19.0. The molecule has 5 aromatic rings. The highest BCUT2D eigenvalue weighted by molar-refractivity contribution is 6.35. The number of piperazine rings is 1. The first-order valence-corrected chi connectivity index (χ1v) is 22.3. The number of halogens is 2. The number of nitrogens with zero attached hydrogens (tertiary/aromatic N) is 5. The van der Waals surface area contributed by atoms with Crippen LogP contribution in [0.5, 0.6) is 11.5 Å². The molecule has 65 heavy (non-hydrogen) atoms. The highest BCUT2D eigenvalue weighted by Gasteiger charge is 2.44. The van der Waals surface area contributed by atoms with Crippen LogP contribution in [-0.4, -0.2) is 145 Å². The van der Waals surface area contributed by atoms with Crippen LogP contribution in [0, 0.1) is 5.82 Å². The predicted molar refractivity (Wildman–Crippen MR) is 239 cm³/mol. The van der Waals surface area contributed by atoms with Gasteiger partial charge in [0.25, 0.3) is 11.8 Å². The van der Waals surface area contributed by atoms with Gasteiger partial charge in [0.15, 0.2) is 5.82 Å². The molecule has 0 spiro atoms. The lowest BCUT2D eigenvalue weighted by Crippen LogP contribution is -2.54. The Morgan fingerprint density at radius 3 is 2.40 bits per heavy atom. The number of benzene rings is 4. The summed E-state index contributed by atoms with van der Waals surface area (Å²) in [7, 11) is 0. The summed E-state index contributed by atoms with van der Waals surface area (Å²) in [5.41, 5.74) is 1.01. The number of anilines is 1. The minimum Gasteiger partial charge on any atom is -0.508 e. The number of rotatable bonds is 15. The van der Waals surface area contributed by atoms with Gasteiger partial charge >= 0.3 is 0 Å². The van der Waals surface area contributed by atoms with E-state index in [1.807, 2.05) is 24.3 Å². The molecule has 9 rings (SSSR count). The Balaban J connectivity index is 0.781. The fraction of sp³-hybridized carbons (Fsp3) is 0.404. The van der Waals surface area contributed by atoms with E-state index < -0.39 is 41.4 Å². The lowest BCUT2D eigenvalue weighted by molar-refractivity contribution is -0.136. The summed E-state index contributed by atoms with van der Waals surface area (Å²) in [4.78, 5) is 65.0. The molecule has 3 saturated heterocycles. The number of nitrogens with one attached hydrogen (secondary N) is 2. The molecular formula is C47H49ClFN7O9. The van der Waals surface area contributed by atoms with Gasteiger partial charge in [0.05, 0.1) is 54.6 Å². The second-order valence-electron chi connectivity index (χ2n) is 16.7. The minimum absolute atomic E-state index is 0.0112. The molecule has 4 aliphatic rings. The second kappa shape index (κ2) is 19.3. The molecule has 0 bridgehead atoms. The van der Waals surface area contributed by atoms with Gasteiger partial charge in [0.2, 0.25) is 11.8 Å². The molecule has 2 atom stereocenters. The number of phenols is 1. The number of amides is 4. The molecule has 4 N–H and O–H groups in total. The van der Waals surface area contributed by atoms with Gasteiger partial charge in [-0.1, -0.05) is 35.9 Å². The summed E-state index contributed by atoms with van der Waals surface area (Å²) >= 11 is 6.90. The van der Waals surface area contributed by atoms with Crippen LogP contribution in [0.1, 0.15) is 58.1 Å². The van der Waals surface area contributed by atoms with Gasteiger partial charge in [-0.3, -0.25) is 29.4 Å². The Bertz CT molecular complexity index is 2660. The molecule has 18 heteroatoms. The first-order chi connectivity index (χ1) is 31.6. The van der Waals surface area contributed by atoms with Crippen molar-refractivity contribution < 1.29 is 48.0 Å². The monoisotopic (exact) mass is 909 g/mol. The maximum atomic E-state index is 17.0. The van der Waals surface area contributed by atoms with E-state index >= 15 is 4.39 Å². The van der Waals surface area contributed by atoms with Crippen LogP contribution in [0.2, 0.25) is 5.02 Å². The zero-order valence-corrected chi connectivity index (χ0v) is 36.3. The van der Waals surface area contributed by atoms with Crippen LogP contribution < -0.4 is 20.3 Å². The Morgan fingerprint density at radius 1 is 0.846 bits per heavy atom. The molecule has 5 heterocycles. The number of piperidine rings is 2. The van der Waals surface area contributed by atoms with E-state index in [2.05, 4.69) is 20.4 Å². The standard InChI is InChI=1S/C47H49ClFN7O9/c48-37-24-36-42(41(49)40(37)34-22-29(58)21-27-3-1-2-4-32(27)34)52-43(53-44(36)55-15-11-50-12-16-55)28(26-57)25-54-13-9-30(10-14-54)64-19-17-63-18-20-65-31-5-6-33-35(23-31)47(62)56(46(33)61)38-7-8-39(59)51-45(38)60/h1-6,21-24,28,30,38,50,57-58H,7-20,25-26H2,(H,51,59,60)/t28-,38?/m0/s1. The van der Waals surface area contributed by atoms with Crippen molar-refractivity contribution in [1.82, 2.24) is 30.4 Å². The van der Waals surface area contributed by atoms with E-state index in [0.717, 1.165) is 41.6 Å². The van der Waals surface area contributed by atoms with Gasteiger partial charge in [-0.2, -0.15) is 0 Å². The third-order valence-corrected chi connectivity index (χ3v) is 12.8. The Hall–Kier alpha value is -5.82. The zero-order chi connectivity index (χ0) is 45.2. The van der Waals surface area contributed by atoms with E-state index in [1.54, 1.807) is 18.2 Å². The van der Waals surface area contributed by atoms with Gasteiger partial charge in [0.1, 0.15) is 41.3 Å². The van der Waals surface area contributed by atoms with Gasteiger partial charge in [0, 0.05) is 63.2 Å². The van der Waals surface area contributed by atoms with Crippen LogP contribution in [0.25, 0.3) is 32.8 Å². The minimum atomic E-state index is -1.04. The number of ether oxygens (including phenoxy) is 3. The molecule has 3 fully saturated rings. The molecule has 1 aromatic heterocycles. The molecule has 0 saturated carbocycles. The SMILES string of the molecule is O=C1CCC(N2C(=O)c3ccc(OCCOCCOC4CCN(C[C@@H](CO)c5nc(N6CCNCC6)c6cc(Cl)c(-c7cc(O)cc8ccccc78)c(F)c6n5)CC4)cc3C2=O)C(=O)N1. The summed E-state index contributed by atoms with van der Waals surface area (Å²) in [5.74, 6) is -2.12. The van der Waals surface area contributed by atoms with E-state index in [1.165, 1.54) is 18.2 Å². The van der Waals surface area contributed by atoms with E-state index in [-0.39, 0.29) is 71.7 Å². The number of likely N-dealkylation sites (tertiary alicyclic amines) is 1. The summed E-state index contributed by atoms with van der Waals surface area (Å²) in [6, 6.07) is 15.8. The third kappa shape index (κ3) is 9.21. The van der Waals surface area contributed by atoms with Crippen LogP contribution in [0.3, 0.4) is 0 Å². The maximum Gasteiger partial charge on any atom is 0.262 e. The molecule has 4 amide bonds. The van der Waals surface area contributed by atoms with Crippen molar-refractivity contribution >= 4 is 62.7 Å². The van der Waals surface area contributed by atoms with Crippen molar-refractivity contribution in [2.24, 2.45) is 0 Å². The summed E-state index contributed by atoms with van der Waals surface area (Å²) in [5, 5.41) is 29.0. The Morgan fingerprint density at radius 2 is 1.62 bits per heavy atom. The molecule has 1 unspecified atom stereocenters. The van der Waals surface area contributed by atoms with Crippen LogP contribution in [0.4, 0.5) is 10.2 Å². The number of carbonyl (C=O) groups is 4. The smallest absolute Gasteiger partial charge is 0.262 e. The van der Waals surface area contributed by atoms with Gasteiger partial charge in [-0.15, -0.1) is 0 Å². The largest absolute Gasteiger partial charge is 0.508 e. The Kier molecular flexibility index (Phi) is 13.2. The zero-order valence-electron chi connectivity index (χ0n) is 35.6. The number of aromatic nitrogens is 2. The van der Waals surface area contributed by atoms with E-state index in [0.29, 0.717) is 74.3 Å². The van der Waals surface area contributed by atoms with Gasteiger partial charge in [-0.05, 0) is 72.0 Å². The molecule has 0 aliphatic carbocycles. The average Bonchev–Trinajstić information content (AvgIpc) is 3.55.